The van der Waals surface area contributed by atoms with Crippen LogP contribution in [-0.4, -0.2) is 28.0 Å². The van der Waals surface area contributed by atoms with Crippen molar-refractivity contribution in [1.29, 1.82) is 0 Å². The number of ether oxygens (including phenoxy) is 1. The van der Waals surface area contributed by atoms with Crippen LogP contribution in [0.25, 0.3) is 0 Å². The van der Waals surface area contributed by atoms with Crippen molar-refractivity contribution in [1.82, 2.24) is 20.3 Å². The molecule has 2 heterocycles. The van der Waals surface area contributed by atoms with Crippen molar-refractivity contribution in [3.8, 4) is 5.88 Å². The molecule has 0 saturated carbocycles. The summed E-state index contributed by atoms with van der Waals surface area (Å²) in [6.07, 6.45) is 4.00. The summed E-state index contributed by atoms with van der Waals surface area (Å²) in [6, 6.07) is 3.20. The number of carbonyl (C=O) groups is 1. The van der Waals surface area contributed by atoms with Crippen LogP contribution in [0.2, 0.25) is 0 Å². The van der Waals surface area contributed by atoms with Crippen LogP contribution < -0.4 is 10.1 Å². The average molecular weight is 274 g/mol. The molecule has 0 aromatic carbocycles. The van der Waals surface area contributed by atoms with Crippen molar-refractivity contribution in [2.45, 2.75) is 26.3 Å². The van der Waals surface area contributed by atoms with E-state index in [1.54, 1.807) is 18.3 Å². The van der Waals surface area contributed by atoms with Gasteiger partial charge in [0.25, 0.3) is 5.91 Å². The van der Waals surface area contributed by atoms with Gasteiger partial charge in [0.2, 0.25) is 5.88 Å². The van der Waals surface area contributed by atoms with Crippen LogP contribution in [0.4, 0.5) is 0 Å². The fourth-order valence-corrected chi connectivity index (χ4v) is 1.85. The number of imidazole rings is 1. The minimum atomic E-state index is -0.180. The van der Waals surface area contributed by atoms with Gasteiger partial charge in [0.1, 0.15) is 5.82 Å². The number of amides is 1. The zero-order valence-corrected chi connectivity index (χ0v) is 11.8. The fourth-order valence-electron chi connectivity index (χ4n) is 1.85. The van der Waals surface area contributed by atoms with Gasteiger partial charge < -0.3 is 15.0 Å². The summed E-state index contributed by atoms with van der Waals surface area (Å²) < 4.78 is 4.97. The number of carbonyl (C=O) groups excluding carboxylic acids is 1. The van der Waals surface area contributed by atoms with Crippen LogP contribution in [0.1, 0.15) is 41.3 Å². The molecule has 0 bridgehead atoms. The number of hydrogen-bond donors (Lipinski definition) is 2. The van der Waals surface area contributed by atoms with E-state index in [4.69, 9.17) is 4.74 Å². The van der Waals surface area contributed by atoms with Crippen LogP contribution in [0.3, 0.4) is 0 Å². The lowest BCUT2D eigenvalue weighted by molar-refractivity contribution is 0.0933. The summed E-state index contributed by atoms with van der Waals surface area (Å²) >= 11 is 0. The molecule has 2 rings (SSSR count). The number of hydrogen-bond acceptors (Lipinski definition) is 4. The molecule has 1 unspecified atom stereocenters. The van der Waals surface area contributed by atoms with Crippen molar-refractivity contribution in [2.75, 3.05) is 7.11 Å². The Morgan fingerprint density at radius 2 is 2.20 bits per heavy atom. The summed E-state index contributed by atoms with van der Waals surface area (Å²) in [5.41, 5.74) is 1.46. The molecule has 6 nitrogen and oxygen atoms in total. The first-order chi connectivity index (χ1) is 9.63. The quantitative estimate of drug-likeness (QED) is 0.874. The number of aryl methyl sites for hydroxylation is 1. The van der Waals surface area contributed by atoms with E-state index in [1.807, 2.05) is 13.8 Å². The molecule has 1 atom stereocenters. The second-order valence-electron chi connectivity index (χ2n) is 4.47. The first-order valence-corrected chi connectivity index (χ1v) is 6.46. The van der Waals surface area contributed by atoms with E-state index < -0.39 is 0 Å². The Kier molecular flexibility index (Phi) is 4.34. The van der Waals surface area contributed by atoms with E-state index >= 15 is 0 Å². The van der Waals surface area contributed by atoms with Crippen LogP contribution in [-0.2, 0) is 0 Å². The molecule has 0 aliphatic rings. The predicted octanol–water partition coefficient (Wildman–Crippen LogP) is 2.00. The molecular formula is C14H18N4O2. The molecule has 20 heavy (non-hydrogen) atoms. The van der Waals surface area contributed by atoms with Gasteiger partial charge in [-0.05, 0) is 19.4 Å². The van der Waals surface area contributed by atoms with Crippen LogP contribution in [0.15, 0.2) is 24.5 Å². The fraction of sp³-hybridized carbons (Fsp3) is 0.357. The van der Waals surface area contributed by atoms with E-state index in [1.165, 1.54) is 13.3 Å². The highest BCUT2D eigenvalue weighted by atomic mass is 16.5. The van der Waals surface area contributed by atoms with Gasteiger partial charge in [-0.15, -0.1) is 0 Å². The highest BCUT2D eigenvalue weighted by Gasteiger charge is 2.16. The first kappa shape index (κ1) is 14.0. The lowest BCUT2D eigenvalue weighted by Crippen LogP contribution is -2.29. The van der Waals surface area contributed by atoms with Crippen LogP contribution in [0, 0.1) is 6.92 Å². The molecule has 2 aromatic rings. The molecule has 0 spiro atoms. The van der Waals surface area contributed by atoms with E-state index in [2.05, 4.69) is 20.3 Å². The third-order valence-corrected chi connectivity index (χ3v) is 2.97. The smallest absolute Gasteiger partial charge is 0.253 e. The summed E-state index contributed by atoms with van der Waals surface area (Å²) in [7, 11) is 1.54. The zero-order valence-electron chi connectivity index (χ0n) is 11.8. The van der Waals surface area contributed by atoms with Crippen LogP contribution >= 0.6 is 0 Å². The summed E-state index contributed by atoms with van der Waals surface area (Å²) in [6.45, 7) is 3.92. The van der Waals surface area contributed by atoms with Gasteiger partial charge in [-0.3, -0.25) is 4.79 Å². The SMILES string of the molecule is CCC(NC(=O)c1ccc(OC)nc1)c1ncc(C)[nH]1. The Morgan fingerprint density at radius 3 is 2.70 bits per heavy atom. The predicted molar refractivity (Wildman–Crippen MR) is 74.6 cm³/mol. The first-order valence-electron chi connectivity index (χ1n) is 6.46. The van der Waals surface area contributed by atoms with Gasteiger partial charge in [0.15, 0.2) is 0 Å². The third kappa shape index (κ3) is 3.14. The van der Waals surface area contributed by atoms with Crippen molar-refractivity contribution < 1.29 is 9.53 Å². The number of aromatic nitrogens is 3. The van der Waals surface area contributed by atoms with Crippen molar-refractivity contribution in [3.05, 3.63) is 41.6 Å². The minimum Gasteiger partial charge on any atom is -0.481 e. The average Bonchev–Trinajstić information content (AvgIpc) is 2.91. The Labute approximate surface area is 117 Å². The van der Waals surface area contributed by atoms with Crippen molar-refractivity contribution in [2.24, 2.45) is 0 Å². The summed E-state index contributed by atoms with van der Waals surface area (Å²) in [5.74, 6) is 1.07. The maximum atomic E-state index is 12.2. The Bertz CT molecular complexity index is 577. The van der Waals surface area contributed by atoms with Gasteiger partial charge in [0, 0.05) is 24.2 Å². The summed E-state index contributed by atoms with van der Waals surface area (Å²) in [4.78, 5) is 23.6. The molecule has 6 heteroatoms. The number of pyridine rings is 1. The maximum absolute atomic E-state index is 12.2. The van der Waals surface area contributed by atoms with Gasteiger partial charge >= 0.3 is 0 Å². The number of rotatable bonds is 5. The molecule has 2 aromatic heterocycles. The molecule has 0 fully saturated rings. The molecule has 0 aliphatic heterocycles. The molecule has 0 saturated heterocycles. The number of nitrogens with one attached hydrogen (secondary N) is 2. The van der Waals surface area contributed by atoms with Gasteiger partial charge in [-0.25, -0.2) is 9.97 Å². The van der Waals surface area contributed by atoms with Crippen molar-refractivity contribution in [3.63, 3.8) is 0 Å². The third-order valence-electron chi connectivity index (χ3n) is 2.97. The normalized spacial score (nSPS) is 11.9. The number of nitrogens with zero attached hydrogens (tertiary/aromatic N) is 2. The standard InChI is InChI=1S/C14H18N4O2/c1-4-11(13-16-7-9(2)17-13)18-14(19)10-5-6-12(20-3)15-8-10/h5-8,11H,4H2,1-3H3,(H,16,17)(H,18,19). The number of methoxy groups -OCH3 is 1. The second-order valence-corrected chi connectivity index (χ2v) is 4.47. The highest BCUT2D eigenvalue weighted by Crippen LogP contribution is 2.14. The Morgan fingerprint density at radius 1 is 1.40 bits per heavy atom. The summed E-state index contributed by atoms with van der Waals surface area (Å²) in [5, 5.41) is 2.94. The maximum Gasteiger partial charge on any atom is 0.253 e. The zero-order chi connectivity index (χ0) is 14.5. The molecular weight excluding hydrogens is 256 g/mol. The largest absolute Gasteiger partial charge is 0.481 e. The van der Waals surface area contributed by atoms with Gasteiger partial charge in [0.05, 0.1) is 18.7 Å². The minimum absolute atomic E-state index is 0.140. The second kappa shape index (κ2) is 6.18. The van der Waals surface area contributed by atoms with Crippen LogP contribution in [0.5, 0.6) is 5.88 Å². The van der Waals surface area contributed by atoms with E-state index in [0.29, 0.717) is 11.4 Å². The van der Waals surface area contributed by atoms with Crippen molar-refractivity contribution >= 4 is 5.91 Å². The number of H-pyrrole nitrogens is 1. The van der Waals surface area contributed by atoms with Gasteiger partial charge in [-0.2, -0.15) is 0 Å². The Balaban J connectivity index is 2.08. The van der Waals surface area contributed by atoms with Gasteiger partial charge in [-0.1, -0.05) is 6.92 Å². The lowest BCUT2D eigenvalue weighted by atomic mass is 10.2. The molecule has 0 aliphatic carbocycles. The molecule has 0 radical (unpaired) electrons. The molecule has 2 N–H and O–H groups in total. The van der Waals surface area contributed by atoms with E-state index in [0.717, 1.165) is 17.9 Å². The lowest BCUT2D eigenvalue weighted by Gasteiger charge is -2.14. The highest BCUT2D eigenvalue weighted by molar-refractivity contribution is 5.94. The van der Waals surface area contributed by atoms with E-state index in [-0.39, 0.29) is 11.9 Å². The number of aromatic amines is 1. The molecule has 106 valence electrons. The molecule has 1 amide bonds. The topological polar surface area (TPSA) is 79.9 Å². The monoisotopic (exact) mass is 274 g/mol. The van der Waals surface area contributed by atoms with E-state index in [9.17, 15) is 4.79 Å². The Hall–Kier alpha value is -2.37.